The third-order valence-corrected chi connectivity index (χ3v) is 5.18. The van der Waals surface area contributed by atoms with Crippen LogP contribution in [-0.4, -0.2) is 19.9 Å². The Balaban J connectivity index is 1.92. The summed E-state index contributed by atoms with van der Waals surface area (Å²) in [5, 5.41) is 19.6. The molecular formula is C18H17Cl2N3O3S. The molecule has 2 heterocycles. The van der Waals surface area contributed by atoms with Gasteiger partial charge in [-0.3, -0.25) is 4.79 Å². The van der Waals surface area contributed by atoms with Crippen LogP contribution in [0.1, 0.15) is 19.6 Å². The summed E-state index contributed by atoms with van der Waals surface area (Å²) < 4.78 is 7.23. The van der Waals surface area contributed by atoms with E-state index in [1.165, 1.54) is 17.8 Å². The molecule has 6 nitrogen and oxygen atoms in total. The van der Waals surface area contributed by atoms with E-state index in [1.54, 1.807) is 12.1 Å². The van der Waals surface area contributed by atoms with Gasteiger partial charge in [-0.1, -0.05) is 48.8 Å². The summed E-state index contributed by atoms with van der Waals surface area (Å²) in [7, 11) is 0. The number of hydrogen-bond donors (Lipinski definition) is 1. The highest BCUT2D eigenvalue weighted by Crippen LogP contribution is 2.32. The molecule has 0 saturated heterocycles. The predicted molar refractivity (Wildman–Crippen MR) is 107 cm³/mol. The molecule has 0 atom stereocenters. The van der Waals surface area contributed by atoms with Crippen LogP contribution >= 0.6 is 35.0 Å². The number of halogens is 2. The van der Waals surface area contributed by atoms with Crippen molar-refractivity contribution in [2.75, 3.05) is 0 Å². The zero-order valence-electron chi connectivity index (χ0n) is 14.6. The van der Waals surface area contributed by atoms with Gasteiger partial charge in [0.1, 0.15) is 12.0 Å². The van der Waals surface area contributed by atoms with Crippen molar-refractivity contribution in [3.8, 4) is 17.1 Å². The Morgan fingerprint density at radius 1 is 1.26 bits per heavy atom. The van der Waals surface area contributed by atoms with E-state index >= 15 is 0 Å². The van der Waals surface area contributed by atoms with Gasteiger partial charge in [0.25, 0.3) is 0 Å². The fourth-order valence-electron chi connectivity index (χ4n) is 2.45. The molecule has 2 aromatic heterocycles. The molecule has 142 valence electrons. The average molecular weight is 426 g/mol. The second-order valence-corrected chi connectivity index (χ2v) is 8.11. The number of hydrogen-bond acceptors (Lipinski definition) is 6. The quantitative estimate of drug-likeness (QED) is 0.567. The van der Waals surface area contributed by atoms with Crippen molar-refractivity contribution in [1.82, 2.24) is 14.8 Å². The highest BCUT2D eigenvalue weighted by atomic mass is 35.5. The van der Waals surface area contributed by atoms with Crippen molar-refractivity contribution in [3.05, 3.63) is 56.6 Å². The van der Waals surface area contributed by atoms with E-state index in [4.69, 9.17) is 27.6 Å². The molecule has 0 unspecified atom stereocenters. The molecular weight excluding hydrogens is 409 g/mol. The van der Waals surface area contributed by atoms with E-state index in [-0.39, 0.29) is 0 Å². The van der Waals surface area contributed by atoms with Crippen LogP contribution in [0.4, 0.5) is 0 Å². The summed E-state index contributed by atoms with van der Waals surface area (Å²) in [5.74, 6) is 1.41. The van der Waals surface area contributed by atoms with Crippen LogP contribution in [0, 0.1) is 5.92 Å². The van der Waals surface area contributed by atoms with Gasteiger partial charge in [-0.05, 0) is 24.1 Å². The van der Waals surface area contributed by atoms with Crippen LogP contribution in [0.2, 0.25) is 10.0 Å². The van der Waals surface area contributed by atoms with E-state index in [1.807, 2.05) is 10.6 Å². The van der Waals surface area contributed by atoms with E-state index in [0.29, 0.717) is 45.0 Å². The second kappa shape index (κ2) is 8.37. The van der Waals surface area contributed by atoms with Crippen molar-refractivity contribution in [2.24, 2.45) is 5.92 Å². The summed E-state index contributed by atoms with van der Waals surface area (Å²) in [6.07, 6.45) is 1.04. The van der Waals surface area contributed by atoms with Crippen LogP contribution in [-0.2, 0) is 12.3 Å². The lowest BCUT2D eigenvalue weighted by atomic mass is 10.2. The minimum atomic E-state index is -0.478. The Hall–Kier alpha value is -1.96. The first-order valence-electron chi connectivity index (χ1n) is 8.17. The number of aromatic nitrogens is 3. The molecule has 0 saturated carbocycles. The monoisotopic (exact) mass is 425 g/mol. The molecule has 9 heteroatoms. The average Bonchev–Trinajstić information content (AvgIpc) is 2.98. The fourth-order valence-corrected chi connectivity index (χ4v) is 3.78. The summed E-state index contributed by atoms with van der Waals surface area (Å²) in [6, 6.07) is 6.52. The van der Waals surface area contributed by atoms with E-state index in [2.05, 4.69) is 24.0 Å². The first kappa shape index (κ1) is 19.8. The highest BCUT2D eigenvalue weighted by molar-refractivity contribution is 7.98. The number of benzene rings is 1. The van der Waals surface area contributed by atoms with Gasteiger partial charge in [-0.15, -0.1) is 10.2 Å². The Morgan fingerprint density at radius 2 is 2.04 bits per heavy atom. The smallest absolute Gasteiger partial charge is 0.226 e. The normalized spacial score (nSPS) is 11.3. The SMILES string of the molecule is CC(C)Cn1c(SCc2cc(=O)c(O)co2)nnc1-c1ccc(Cl)cc1Cl. The van der Waals surface area contributed by atoms with Crippen molar-refractivity contribution in [2.45, 2.75) is 31.3 Å². The van der Waals surface area contributed by atoms with Gasteiger partial charge in [0.15, 0.2) is 16.7 Å². The van der Waals surface area contributed by atoms with Crippen LogP contribution in [0.3, 0.4) is 0 Å². The van der Waals surface area contributed by atoms with Gasteiger partial charge in [0.05, 0.1) is 10.8 Å². The van der Waals surface area contributed by atoms with Crippen molar-refractivity contribution < 1.29 is 9.52 Å². The number of aromatic hydroxyl groups is 1. The largest absolute Gasteiger partial charge is 0.502 e. The van der Waals surface area contributed by atoms with Crippen molar-refractivity contribution in [1.29, 1.82) is 0 Å². The Labute approximate surface area is 170 Å². The topological polar surface area (TPSA) is 81.2 Å². The lowest BCUT2D eigenvalue weighted by Crippen LogP contribution is -2.08. The molecule has 0 aliphatic rings. The highest BCUT2D eigenvalue weighted by Gasteiger charge is 2.18. The third kappa shape index (κ3) is 4.66. The summed E-state index contributed by atoms with van der Waals surface area (Å²) in [6.45, 7) is 4.89. The van der Waals surface area contributed by atoms with Crippen LogP contribution in [0.5, 0.6) is 5.75 Å². The van der Waals surface area contributed by atoms with Gasteiger partial charge in [-0.2, -0.15) is 0 Å². The van der Waals surface area contributed by atoms with Crippen LogP contribution < -0.4 is 5.43 Å². The maximum Gasteiger partial charge on any atom is 0.226 e. The van der Waals surface area contributed by atoms with E-state index < -0.39 is 11.2 Å². The maximum absolute atomic E-state index is 11.5. The molecule has 0 amide bonds. The lowest BCUT2D eigenvalue weighted by Gasteiger charge is -2.13. The molecule has 0 radical (unpaired) electrons. The minimum absolute atomic E-state index is 0.358. The van der Waals surface area contributed by atoms with E-state index in [9.17, 15) is 9.90 Å². The summed E-state index contributed by atoms with van der Waals surface area (Å²) in [4.78, 5) is 11.5. The second-order valence-electron chi connectivity index (χ2n) is 6.32. The first-order valence-corrected chi connectivity index (χ1v) is 9.91. The van der Waals surface area contributed by atoms with Gasteiger partial charge in [0, 0.05) is 23.2 Å². The summed E-state index contributed by atoms with van der Waals surface area (Å²) >= 11 is 13.7. The fraction of sp³-hybridized carbons (Fsp3) is 0.278. The molecule has 0 aliphatic heterocycles. The van der Waals surface area contributed by atoms with Gasteiger partial charge < -0.3 is 14.1 Å². The van der Waals surface area contributed by atoms with Crippen LogP contribution in [0.15, 0.2) is 44.9 Å². The standard InChI is InChI=1S/C18H17Cl2N3O3S/c1-10(2)7-23-17(13-4-3-11(19)5-14(13)20)21-22-18(23)27-9-12-6-15(24)16(25)8-26-12/h3-6,8,10,25H,7,9H2,1-2H3. The van der Waals surface area contributed by atoms with Crippen LogP contribution in [0.25, 0.3) is 11.4 Å². The molecule has 1 aromatic carbocycles. The van der Waals surface area contributed by atoms with Crippen molar-refractivity contribution in [3.63, 3.8) is 0 Å². The molecule has 0 bridgehead atoms. The molecule has 1 N–H and O–H groups in total. The molecule has 3 aromatic rings. The molecule has 27 heavy (non-hydrogen) atoms. The molecule has 0 spiro atoms. The Morgan fingerprint density at radius 3 is 2.70 bits per heavy atom. The minimum Gasteiger partial charge on any atom is -0.502 e. The maximum atomic E-state index is 11.5. The number of rotatable bonds is 6. The van der Waals surface area contributed by atoms with Crippen molar-refractivity contribution >= 4 is 35.0 Å². The van der Waals surface area contributed by atoms with Gasteiger partial charge in [-0.25, -0.2) is 0 Å². The number of thioether (sulfide) groups is 1. The van der Waals surface area contributed by atoms with Gasteiger partial charge in [0.2, 0.25) is 5.43 Å². The van der Waals surface area contributed by atoms with E-state index in [0.717, 1.165) is 11.8 Å². The first-order chi connectivity index (χ1) is 12.8. The Bertz CT molecular complexity index is 1020. The summed E-state index contributed by atoms with van der Waals surface area (Å²) in [5.41, 5.74) is 0.270. The molecule has 3 rings (SSSR count). The lowest BCUT2D eigenvalue weighted by molar-refractivity contribution is 0.419. The Kier molecular flexibility index (Phi) is 6.14. The third-order valence-electron chi connectivity index (χ3n) is 3.65. The number of nitrogens with zero attached hydrogens (tertiary/aromatic N) is 3. The van der Waals surface area contributed by atoms with Gasteiger partial charge >= 0.3 is 0 Å². The molecule has 0 fully saturated rings. The zero-order chi connectivity index (χ0) is 19.6. The predicted octanol–water partition coefficient (Wildman–Crippen LogP) is 4.86. The zero-order valence-corrected chi connectivity index (χ0v) is 17.0. The molecule has 0 aliphatic carbocycles.